The van der Waals surface area contributed by atoms with Crippen LogP contribution in [0.3, 0.4) is 0 Å². The maximum absolute atomic E-state index is 12.8. The van der Waals surface area contributed by atoms with E-state index in [1.165, 1.54) is 36.4 Å². The molecule has 3 aromatic carbocycles. The quantitative estimate of drug-likeness (QED) is 0.437. The van der Waals surface area contributed by atoms with Crippen molar-refractivity contribution < 1.29 is 28.2 Å². The molecule has 3 N–H and O–H groups in total. The number of carbonyl (C=O) groups is 1. The van der Waals surface area contributed by atoms with Crippen LogP contribution in [0, 0.1) is 0 Å². The van der Waals surface area contributed by atoms with Crippen molar-refractivity contribution in [2.24, 2.45) is 0 Å². The summed E-state index contributed by atoms with van der Waals surface area (Å²) in [4.78, 5) is 11.5. The van der Waals surface area contributed by atoms with Gasteiger partial charge in [-0.05, 0) is 61.0 Å². The summed E-state index contributed by atoms with van der Waals surface area (Å²) in [6.45, 7) is 1.54. The van der Waals surface area contributed by atoms with Crippen LogP contribution in [-0.4, -0.2) is 24.6 Å². The second-order valence-electron chi connectivity index (χ2n) is 6.39. The number of carboxylic acids is 1. The fraction of sp³-hybridized carbons (Fsp3) is 0.0952. The molecule has 1 atom stereocenters. The van der Waals surface area contributed by atoms with Crippen LogP contribution in [0.5, 0.6) is 11.5 Å². The highest BCUT2D eigenvalue weighted by molar-refractivity contribution is 9.10. The van der Waals surface area contributed by atoms with Crippen LogP contribution in [0.4, 0.5) is 5.69 Å². The molecule has 3 rings (SSSR count). The summed E-state index contributed by atoms with van der Waals surface area (Å²) < 4.78 is 34.6. The Hall–Kier alpha value is -2.88. The molecule has 0 saturated carbocycles. The zero-order valence-corrected chi connectivity index (χ0v) is 18.1. The highest BCUT2D eigenvalue weighted by Crippen LogP contribution is 2.35. The van der Waals surface area contributed by atoms with Gasteiger partial charge in [-0.15, -0.1) is 0 Å². The van der Waals surface area contributed by atoms with E-state index in [2.05, 4.69) is 20.7 Å². The van der Waals surface area contributed by atoms with Crippen molar-refractivity contribution in [1.82, 2.24) is 0 Å². The predicted octanol–water partition coefficient (Wildman–Crippen LogP) is 4.79. The Morgan fingerprint density at radius 3 is 2.33 bits per heavy atom. The van der Waals surface area contributed by atoms with E-state index < -0.39 is 22.1 Å². The number of aromatic carboxylic acids is 1. The minimum atomic E-state index is -3.96. The molecule has 30 heavy (non-hydrogen) atoms. The van der Waals surface area contributed by atoms with Crippen LogP contribution >= 0.6 is 15.9 Å². The Morgan fingerprint density at radius 1 is 1.03 bits per heavy atom. The van der Waals surface area contributed by atoms with Gasteiger partial charge in [-0.2, -0.15) is 0 Å². The first-order chi connectivity index (χ1) is 14.2. The number of aliphatic hydroxyl groups excluding tert-OH is 1. The molecular weight excluding hydrogens is 474 g/mol. The van der Waals surface area contributed by atoms with E-state index in [0.29, 0.717) is 5.56 Å². The molecule has 7 nitrogen and oxygen atoms in total. The zero-order valence-electron chi connectivity index (χ0n) is 15.7. The lowest BCUT2D eigenvalue weighted by molar-refractivity contribution is 0.0694. The van der Waals surface area contributed by atoms with Gasteiger partial charge in [0.05, 0.1) is 16.7 Å². The van der Waals surface area contributed by atoms with Crippen molar-refractivity contribution in [2.45, 2.75) is 17.9 Å². The van der Waals surface area contributed by atoms with E-state index >= 15 is 0 Å². The lowest BCUT2D eigenvalue weighted by atomic mass is 10.1. The Kier molecular flexibility index (Phi) is 6.45. The second kappa shape index (κ2) is 8.86. The van der Waals surface area contributed by atoms with Gasteiger partial charge >= 0.3 is 5.97 Å². The lowest BCUT2D eigenvalue weighted by Gasteiger charge is -2.17. The number of para-hydroxylation sites is 1. The van der Waals surface area contributed by atoms with Gasteiger partial charge in [0.1, 0.15) is 11.3 Å². The van der Waals surface area contributed by atoms with Crippen LogP contribution in [-0.2, 0) is 10.0 Å². The number of rotatable bonds is 7. The number of nitrogens with one attached hydrogen (secondary N) is 1. The number of carboxylic acid groups (broad SMARTS) is 1. The molecule has 0 bridgehead atoms. The third-order valence-electron chi connectivity index (χ3n) is 4.19. The maximum atomic E-state index is 12.8. The first kappa shape index (κ1) is 21.8. The van der Waals surface area contributed by atoms with Crippen LogP contribution < -0.4 is 9.46 Å². The van der Waals surface area contributed by atoms with Crippen LogP contribution in [0.15, 0.2) is 76.1 Å². The van der Waals surface area contributed by atoms with Gasteiger partial charge in [0, 0.05) is 4.47 Å². The summed E-state index contributed by atoms with van der Waals surface area (Å²) in [5.41, 5.74) is 0.456. The van der Waals surface area contributed by atoms with Crippen molar-refractivity contribution in [3.8, 4) is 11.5 Å². The minimum absolute atomic E-state index is 0.0324. The fourth-order valence-electron chi connectivity index (χ4n) is 2.64. The number of halogens is 1. The molecule has 0 aliphatic carbocycles. The highest BCUT2D eigenvalue weighted by Gasteiger charge is 2.20. The number of hydrogen-bond donors (Lipinski definition) is 3. The number of sulfonamides is 1. The average Bonchev–Trinajstić information content (AvgIpc) is 2.69. The second-order valence-corrected chi connectivity index (χ2v) is 8.99. The Balaban J connectivity index is 2.03. The zero-order chi connectivity index (χ0) is 21.9. The Bertz CT molecular complexity index is 1180. The maximum Gasteiger partial charge on any atom is 0.339 e. The number of benzene rings is 3. The van der Waals surface area contributed by atoms with E-state index in [0.717, 1.165) is 4.47 Å². The normalized spacial score (nSPS) is 12.2. The number of hydrogen-bond acceptors (Lipinski definition) is 5. The van der Waals surface area contributed by atoms with Crippen molar-refractivity contribution in [3.05, 3.63) is 82.3 Å². The molecule has 1 unspecified atom stereocenters. The van der Waals surface area contributed by atoms with Gasteiger partial charge in [0.15, 0.2) is 5.75 Å². The summed E-state index contributed by atoms with van der Waals surface area (Å²) in [6, 6.07) is 16.6. The molecule has 156 valence electrons. The fourth-order valence-corrected chi connectivity index (χ4v) is 3.97. The van der Waals surface area contributed by atoms with E-state index in [-0.39, 0.29) is 27.6 Å². The van der Waals surface area contributed by atoms with Crippen molar-refractivity contribution in [3.63, 3.8) is 0 Å². The standard InChI is InChI=1S/C21H18BrNO6S/c1-13(24)14-6-11-20(29-19-5-3-2-4-17(19)21(25)26)18(12-14)23-30(27,28)16-9-7-15(22)8-10-16/h2-13,23-24H,1H3,(H,25,26). The molecule has 0 amide bonds. The minimum Gasteiger partial charge on any atom is -0.478 e. The van der Waals surface area contributed by atoms with Gasteiger partial charge in [-0.1, -0.05) is 34.1 Å². The molecule has 3 aromatic rings. The summed E-state index contributed by atoms with van der Waals surface area (Å²) in [5.74, 6) is -1.03. The summed E-state index contributed by atoms with van der Waals surface area (Å²) >= 11 is 3.26. The first-order valence-corrected chi connectivity index (χ1v) is 11.1. The largest absolute Gasteiger partial charge is 0.478 e. The lowest BCUT2D eigenvalue weighted by Crippen LogP contribution is -2.14. The monoisotopic (exact) mass is 491 g/mol. The van der Waals surface area contributed by atoms with Crippen LogP contribution in [0.2, 0.25) is 0 Å². The molecule has 0 heterocycles. The van der Waals surface area contributed by atoms with Crippen LogP contribution in [0.25, 0.3) is 0 Å². The topological polar surface area (TPSA) is 113 Å². The average molecular weight is 492 g/mol. The summed E-state index contributed by atoms with van der Waals surface area (Å²) in [6.07, 6.45) is -0.846. The Morgan fingerprint density at radius 2 is 1.70 bits per heavy atom. The molecule has 9 heteroatoms. The number of anilines is 1. The van der Waals surface area contributed by atoms with Crippen molar-refractivity contribution in [1.29, 1.82) is 0 Å². The van der Waals surface area contributed by atoms with Gasteiger partial charge < -0.3 is 14.9 Å². The van der Waals surface area contributed by atoms with Gasteiger partial charge in [-0.25, -0.2) is 13.2 Å². The van der Waals surface area contributed by atoms with E-state index in [9.17, 15) is 23.4 Å². The molecule has 0 aliphatic heterocycles. The Labute approximate surface area is 182 Å². The van der Waals surface area contributed by atoms with E-state index in [1.807, 2.05) is 0 Å². The third-order valence-corrected chi connectivity index (χ3v) is 6.10. The number of ether oxygens (including phenoxy) is 1. The van der Waals surface area contributed by atoms with Crippen LogP contribution in [0.1, 0.15) is 28.9 Å². The molecule has 0 saturated heterocycles. The molecule has 0 aromatic heterocycles. The molecule has 0 fully saturated rings. The third kappa shape index (κ3) is 4.99. The van der Waals surface area contributed by atoms with E-state index in [1.54, 1.807) is 37.3 Å². The van der Waals surface area contributed by atoms with Crippen molar-refractivity contribution in [2.75, 3.05) is 4.72 Å². The molecule has 0 aliphatic rings. The molecule has 0 spiro atoms. The summed E-state index contributed by atoms with van der Waals surface area (Å²) in [5, 5.41) is 19.2. The van der Waals surface area contributed by atoms with E-state index in [4.69, 9.17) is 4.74 Å². The molecule has 0 radical (unpaired) electrons. The first-order valence-electron chi connectivity index (χ1n) is 8.78. The van der Waals surface area contributed by atoms with Crippen molar-refractivity contribution >= 4 is 37.6 Å². The SMILES string of the molecule is CC(O)c1ccc(Oc2ccccc2C(=O)O)c(NS(=O)(=O)c2ccc(Br)cc2)c1. The number of aliphatic hydroxyl groups is 1. The van der Waals surface area contributed by atoms with Gasteiger partial charge in [0.25, 0.3) is 10.0 Å². The smallest absolute Gasteiger partial charge is 0.339 e. The predicted molar refractivity (Wildman–Crippen MR) is 116 cm³/mol. The molecular formula is C21H18BrNO6S. The summed E-state index contributed by atoms with van der Waals surface area (Å²) in [7, 11) is -3.96. The van der Waals surface area contributed by atoms with Gasteiger partial charge in [0.2, 0.25) is 0 Å². The van der Waals surface area contributed by atoms with Gasteiger partial charge in [-0.3, -0.25) is 4.72 Å². The highest BCUT2D eigenvalue weighted by atomic mass is 79.9.